The van der Waals surface area contributed by atoms with Gasteiger partial charge in [0.1, 0.15) is 11.6 Å². The molecule has 28 heavy (non-hydrogen) atoms. The highest BCUT2D eigenvalue weighted by atomic mass is 19.1. The minimum absolute atomic E-state index is 0.195. The van der Waals surface area contributed by atoms with Crippen LogP contribution < -0.4 is 20.5 Å². The first-order valence-electron chi connectivity index (χ1n) is 8.53. The van der Waals surface area contributed by atoms with Crippen molar-refractivity contribution in [3.05, 3.63) is 76.6 Å². The number of aromatic nitrogens is 4. The van der Waals surface area contributed by atoms with Crippen molar-refractivity contribution in [1.82, 2.24) is 19.2 Å². The van der Waals surface area contributed by atoms with Gasteiger partial charge in [0, 0.05) is 11.9 Å². The molecule has 5 rings (SSSR count). The number of nitrogens with one attached hydrogen (secondary N) is 1. The molecule has 0 fully saturated rings. The van der Waals surface area contributed by atoms with Crippen molar-refractivity contribution in [1.29, 1.82) is 0 Å². The minimum atomic E-state index is -0.317. The third-order valence-corrected chi connectivity index (χ3v) is 4.34. The second-order valence-electron chi connectivity index (χ2n) is 6.24. The smallest absolute Gasteiger partial charge is 0.351 e. The van der Waals surface area contributed by atoms with Crippen LogP contribution in [0.5, 0.6) is 11.5 Å². The van der Waals surface area contributed by atoms with Gasteiger partial charge < -0.3 is 14.8 Å². The number of rotatable bonds is 4. The van der Waals surface area contributed by atoms with E-state index in [0.29, 0.717) is 23.0 Å². The summed E-state index contributed by atoms with van der Waals surface area (Å²) in [5.74, 6) is 1.78. The van der Waals surface area contributed by atoms with Gasteiger partial charge in [0.05, 0.1) is 6.54 Å². The van der Waals surface area contributed by atoms with E-state index in [-0.39, 0.29) is 30.6 Å². The normalized spacial score (nSPS) is 12.5. The molecule has 0 saturated carbocycles. The fraction of sp³-hybridized carbons (Fsp3) is 0.105. The van der Waals surface area contributed by atoms with Crippen LogP contribution in [0.3, 0.4) is 0 Å². The zero-order valence-electron chi connectivity index (χ0n) is 14.5. The third kappa shape index (κ3) is 2.92. The molecule has 2 aromatic heterocycles. The maximum absolute atomic E-state index is 13.0. The number of nitrogens with zero attached hydrogens (tertiary/aromatic N) is 4. The molecule has 2 aromatic carbocycles. The number of hydrogen-bond acceptors (Lipinski definition) is 6. The maximum atomic E-state index is 13.0. The quantitative estimate of drug-likeness (QED) is 0.587. The SMILES string of the molecule is O=c1n(Cc2ccc3c(c2)OCO3)nc2nc(Nc3ccc(F)cc3)ccn12. The van der Waals surface area contributed by atoms with Crippen LogP contribution in [0, 0.1) is 5.82 Å². The van der Waals surface area contributed by atoms with Crippen molar-refractivity contribution < 1.29 is 13.9 Å². The van der Waals surface area contributed by atoms with Crippen LogP contribution in [-0.4, -0.2) is 26.0 Å². The maximum Gasteiger partial charge on any atom is 0.351 e. The number of halogens is 1. The molecule has 1 N–H and O–H groups in total. The summed E-state index contributed by atoms with van der Waals surface area (Å²) in [7, 11) is 0. The molecule has 0 unspecified atom stereocenters. The average molecular weight is 379 g/mol. The van der Waals surface area contributed by atoms with E-state index >= 15 is 0 Å². The van der Waals surface area contributed by atoms with Crippen molar-refractivity contribution in [3.8, 4) is 11.5 Å². The molecule has 0 aliphatic carbocycles. The van der Waals surface area contributed by atoms with Crippen LogP contribution in [0.4, 0.5) is 15.9 Å². The second-order valence-corrected chi connectivity index (χ2v) is 6.24. The summed E-state index contributed by atoms with van der Waals surface area (Å²) in [6.45, 7) is 0.473. The topological polar surface area (TPSA) is 82.7 Å². The molecule has 0 spiro atoms. The summed E-state index contributed by atoms with van der Waals surface area (Å²) in [5.41, 5.74) is 1.24. The summed E-state index contributed by atoms with van der Waals surface area (Å²) in [6.07, 6.45) is 1.60. The molecular formula is C19H14FN5O3. The Morgan fingerprint density at radius 2 is 1.89 bits per heavy atom. The van der Waals surface area contributed by atoms with Gasteiger partial charge in [0.25, 0.3) is 5.78 Å². The average Bonchev–Trinajstić information content (AvgIpc) is 3.28. The predicted molar refractivity (Wildman–Crippen MR) is 98.6 cm³/mol. The fourth-order valence-electron chi connectivity index (χ4n) is 2.97. The minimum Gasteiger partial charge on any atom is -0.454 e. The zero-order valence-corrected chi connectivity index (χ0v) is 14.5. The molecule has 0 atom stereocenters. The number of anilines is 2. The Morgan fingerprint density at radius 1 is 1.07 bits per heavy atom. The van der Waals surface area contributed by atoms with E-state index in [1.54, 1.807) is 24.4 Å². The first kappa shape index (κ1) is 16.3. The van der Waals surface area contributed by atoms with E-state index in [9.17, 15) is 9.18 Å². The van der Waals surface area contributed by atoms with Crippen LogP contribution in [0.15, 0.2) is 59.5 Å². The second kappa shape index (κ2) is 6.38. The van der Waals surface area contributed by atoms with E-state index in [1.165, 1.54) is 21.2 Å². The molecule has 1 aliphatic rings. The molecule has 0 amide bonds. The van der Waals surface area contributed by atoms with Gasteiger partial charge in [-0.05, 0) is 48.0 Å². The highest BCUT2D eigenvalue weighted by Crippen LogP contribution is 2.32. The van der Waals surface area contributed by atoms with E-state index in [0.717, 1.165) is 5.56 Å². The molecular weight excluding hydrogens is 365 g/mol. The van der Waals surface area contributed by atoms with Crippen molar-refractivity contribution in [2.75, 3.05) is 12.1 Å². The number of ether oxygens (including phenoxy) is 2. The third-order valence-electron chi connectivity index (χ3n) is 4.34. The lowest BCUT2D eigenvalue weighted by Crippen LogP contribution is -2.21. The van der Waals surface area contributed by atoms with Gasteiger partial charge in [0.15, 0.2) is 11.5 Å². The molecule has 4 aromatic rings. The zero-order chi connectivity index (χ0) is 19.1. The van der Waals surface area contributed by atoms with Crippen LogP contribution in [0.1, 0.15) is 5.56 Å². The van der Waals surface area contributed by atoms with E-state index < -0.39 is 0 Å². The van der Waals surface area contributed by atoms with Gasteiger partial charge in [-0.2, -0.15) is 4.98 Å². The number of fused-ring (bicyclic) bond motifs is 2. The van der Waals surface area contributed by atoms with Crippen LogP contribution >= 0.6 is 0 Å². The van der Waals surface area contributed by atoms with Gasteiger partial charge in [0.2, 0.25) is 6.79 Å². The lowest BCUT2D eigenvalue weighted by atomic mass is 10.2. The van der Waals surface area contributed by atoms with Gasteiger partial charge >= 0.3 is 5.69 Å². The first-order valence-corrected chi connectivity index (χ1v) is 8.53. The number of hydrogen-bond donors (Lipinski definition) is 1. The molecule has 9 heteroatoms. The Labute approximate surface area is 157 Å². The van der Waals surface area contributed by atoms with Crippen molar-refractivity contribution >= 4 is 17.3 Å². The van der Waals surface area contributed by atoms with Crippen molar-refractivity contribution in [2.24, 2.45) is 0 Å². The molecule has 0 saturated heterocycles. The Balaban J connectivity index is 1.43. The summed E-state index contributed by atoms with van der Waals surface area (Å²) in [6, 6.07) is 13.1. The molecule has 1 aliphatic heterocycles. The van der Waals surface area contributed by atoms with E-state index in [2.05, 4.69) is 15.4 Å². The van der Waals surface area contributed by atoms with E-state index in [1.807, 2.05) is 18.2 Å². The molecule has 0 radical (unpaired) electrons. The van der Waals surface area contributed by atoms with Crippen LogP contribution in [0.25, 0.3) is 5.78 Å². The monoisotopic (exact) mass is 379 g/mol. The largest absolute Gasteiger partial charge is 0.454 e. The first-order chi connectivity index (χ1) is 13.7. The molecule has 8 nitrogen and oxygen atoms in total. The van der Waals surface area contributed by atoms with Gasteiger partial charge in [-0.3, -0.25) is 0 Å². The Morgan fingerprint density at radius 3 is 2.75 bits per heavy atom. The van der Waals surface area contributed by atoms with Crippen LogP contribution in [0.2, 0.25) is 0 Å². The van der Waals surface area contributed by atoms with Crippen LogP contribution in [-0.2, 0) is 6.54 Å². The van der Waals surface area contributed by atoms with Gasteiger partial charge in [-0.25, -0.2) is 18.3 Å². The lowest BCUT2D eigenvalue weighted by molar-refractivity contribution is 0.174. The molecule has 3 heterocycles. The summed E-state index contributed by atoms with van der Waals surface area (Å²) in [5, 5.41) is 7.36. The van der Waals surface area contributed by atoms with Crippen molar-refractivity contribution in [2.45, 2.75) is 6.54 Å². The predicted octanol–water partition coefficient (Wildman–Crippen LogP) is 2.55. The lowest BCUT2D eigenvalue weighted by Gasteiger charge is -2.04. The standard InChI is InChI=1S/C19H14FN5O3/c20-13-2-4-14(5-3-13)21-17-7-8-24-18(22-17)23-25(19(24)26)10-12-1-6-15-16(9-12)28-11-27-15/h1-9H,10-11H2,(H,21,22,23). The number of benzene rings is 2. The Kier molecular flexibility index (Phi) is 3.71. The molecule has 140 valence electrons. The summed E-state index contributed by atoms with van der Waals surface area (Å²) < 4.78 is 26.4. The Bertz CT molecular complexity index is 1230. The summed E-state index contributed by atoms with van der Waals surface area (Å²) in [4.78, 5) is 16.9. The Hall–Kier alpha value is -3.88. The van der Waals surface area contributed by atoms with Crippen molar-refractivity contribution in [3.63, 3.8) is 0 Å². The van der Waals surface area contributed by atoms with Gasteiger partial charge in [-0.15, -0.1) is 5.10 Å². The molecule has 0 bridgehead atoms. The van der Waals surface area contributed by atoms with Gasteiger partial charge in [-0.1, -0.05) is 6.07 Å². The van der Waals surface area contributed by atoms with E-state index in [4.69, 9.17) is 9.47 Å². The highest BCUT2D eigenvalue weighted by Gasteiger charge is 2.15. The summed E-state index contributed by atoms with van der Waals surface area (Å²) >= 11 is 0. The fourth-order valence-corrected chi connectivity index (χ4v) is 2.97. The highest BCUT2D eigenvalue weighted by molar-refractivity contribution is 5.57.